The lowest BCUT2D eigenvalue weighted by atomic mass is 10.2. The first-order valence-electron chi connectivity index (χ1n) is 9.31. The van der Waals surface area contributed by atoms with E-state index in [4.69, 9.17) is 6.42 Å². The fourth-order valence-corrected chi connectivity index (χ4v) is 2.69. The second-order valence-electron chi connectivity index (χ2n) is 8.38. The topological polar surface area (TPSA) is 86.3 Å². The van der Waals surface area contributed by atoms with Crippen molar-refractivity contribution in [3.05, 3.63) is 77.9 Å². The van der Waals surface area contributed by atoms with Gasteiger partial charge in [-0.15, -0.1) is 17.5 Å². The number of rotatable bonds is 2. The summed E-state index contributed by atoms with van der Waals surface area (Å²) in [6.45, 7) is 12.8. The molecule has 0 bridgehead atoms. The second kappa shape index (κ2) is 14.6. The van der Waals surface area contributed by atoms with E-state index in [1.807, 2.05) is 22.6 Å². The molecule has 0 aromatic heterocycles. The van der Waals surface area contributed by atoms with Crippen molar-refractivity contribution in [2.45, 2.75) is 46.7 Å². The van der Waals surface area contributed by atoms with E-state index in [0.29, 0.717) is 9.13 Å². The van der Waals surface area contributed by atoms with Crippen LogP contribution >= 0.6 is 22.6 Å². The summed E-state index contributed by atoms with van der Waals surface area (Å²) in [5.74, 6) is 2.90. The third-order valence-electron chi connectivity index (χ3n) is 3.16. The maximum absolute atomic E-state index is 10.7. The molecular formula is C23H31IN2O4Si2. The van der Waals surface area contributed by atoms with Gasteiger partial charge in [0.1, 0.15) is 21.7 Å². The zero-order valence-electron chi connectivity index (χ0n) is 18.6. The minimum absolute atomic E-state index is 0. The molecule has 0 N–H and O–H groups in total. The molecular weight excluding hydrogens is 551 g/mol. The fourth-order valence-electron chi connectivity index (χ4n) is 1.59. The Morgan fingerprint density at radius 2 is 1.22 bits per heavy atom. The van der Waals surface area contributed by atoms with E-state index in [-0.39, 0.29) is 23.7 Å². The Kier molecular flexibility index (Phi) is 14.4. The Morgan fingerprint density at radius 3 is 1.56 bits per heavy atom. The number of terminal acetylenes is 1. The highest BCUT2D eigenvalue weighted by molar-refractivity contribution is 14.1. The summed E-state index contributed by atoms with van der Waals surface area (Å²) < 4.78 is 0.671. The highest BCUT2D eigenvalue weighted by Crippen LogP contribution is 2.18. The molecule has 0 aliphatic heterocycles. The summed E-state index contributed by atoms with van der Waals surface area (Å²) in [4.78, 5) is 20.1. The summed E-state index contributed by atoms with van der Waals surface area (Å²) >= 11 is 1.93. The predicted octanol–water partition coefficient (Wildman–Crippen LogP) is 7.16. The molecule has 0 saturated carbocycles. The first-order chi connectivity index (χ1) is 14.2. The second-order valence-corrected chi connectivity index (χ2v) is 19.1. The van der Waals surface area contributed by atoms with E-state index < -0.39 is 21.1 Å². The number of hydrogen-bond acceptors (Lipinski definition) is 4. The SMILES string of the molecule is C.C#C[Si](C)(C)C.C[Si](C)(C)C#Cc1ccccc1[N+](=O)[O-].O=[N+]([O-])c1ccccc1I. The van der Waals surface area contributed by atoms with E-state index >= 15 is 0 Å². The van der Waals surface area contributed by atoms with Gasteiger partial charge in [0.15, 0.2) is 0 Å². The van der Waals surface area contributed by atoms with Crippen LogP contribution in [0, 0.1) is 47.2 Å². The molecule has 0 unspecified atom stereocenters. The van der Waals surface area contributed by atoms with Gasteiger partial charge < -0.3 is 0 Å². The van der Waals surface area contributed by atoms with Crippen molar-refractivity contribution in [1.29, 1.82) is 0 Å². The Balaban J connectivity index is 0. The van der Waals surface area contributed by atoms with Crippen LogP contribution in [0.5, 0.6) is 0 Å². The maximum Gasteiger partial charge on any atom is 0.284 e. The molecule has 0 amide bonds. The predicted molar refractivity (Wildman–Crippen MR) is 148 cm³/mol. The van der Waals surface area contributed by atoms with Crippen molar-refractivity contribution in [3.8, 4) is 23.4 Å². The first kappa shape index (κ1) is 31.7. The quantitative estimate of drug-likeness (QED) is 0.124. The fraction of sp³-hybridized carbons (Fsp3) is 0.304. The third kappa shape index (κ3) is 14.5. The van der Waals surface area contributed by atoms with Gasteiger partial charge in [-0.1, -0.05) is 76.9 Å². The molecule has 0 radical (unpaired) electrons. The molecule has 0 fully saturated rings. The van der Waals surface area contributed by atoms with Crippen LogP contribution in [0.1, 0.15) is 13.0 Å². The van der Waals surface area contributed by atoms with Crippen LogP contribution in [0.4, 0.5) is 11.4 Å². The van der Waals surface area contributed by atoms with Crippen LogP contribution < -0.4 is 0 Å². The normalized spacial score (nSPS) is 9.69. The summed E-state index contributed by atoms with van der Waals surface area (Å²) in [5.41, 5.74) is 6.62. The van der Waals surface area contributed by atoms with Gasteiger partial charge in [-0.2, -0.15) is 0 Å². The standard InChI is InChI=1S/C11H13NO2Si.C6H4INO2.C5H10Si.CH4/c1-15(2,3)9-8-10-6-4-5-7-11(10)12(13)14;7-5-3-1-2-4-6(5)8(9)10;1-5-6(2,3)4;/h4-7H,1-3H3;1-4H;1H,2-4H3;1H4. The Hall–Kier alpha value is -2.48. The van der Waals surface area contributed by atoms with Crippen LogP contribution in [-0.4, -0.2) is 26.0 Å². The molecule has 0 atom stereocenters. The van der Waals surface area contributed by atoms with Gasteiger partial charge in [0.05, 0.1) is 13.4 Å². The third-order valence-corrected chi connectivity index (χ3v) is 5.81. The van der Waals surface area contributed by atoms with Crippen LogP contribution in [0.25, 0.3) is 0 Å². The highest BCUT2D eigenvalue weighted by Gasteiger charge is 2.12. The van der Waals surface area contributed by atoms with Crippen molar-refractivity contribution >= 4 is 50.1 Å². The largest absolute Gasteiger partial charge is 0.284 e. The summed E-state index contributed by atoms with van der Waals surface area (Å²) in [5, 5.41) is 20.9. The van der Waals surface area contributed by atoms with Gasteiger partial charge >= 0.3 is 0 Å². The Morgan fingerprint density at radius 1 is 0.812 bits per heavy atom. The van der Waals surface area contributed by atoms with Gasteiger partial charge in [0, 0.05) is 12.1 Å². The molecule has 2 aromatic rings. The Labute approximate surface area is 207 Å². The highest BCUT2D eigenvalue weighted by atomic mass is 127. The summed E-state index contributed by atoms with van der Waals surface area (Å²) in [7, 11) is -2.58. The number of para-hydroxylation sites is 2. The van der Waals surface area contributed by atoms with E-state index in [1.165, 1.54) is 12.1 Å². The molecule has 0 saturated heterocycles. The van der Waals surface area contributed by atoms with E-state index in [1.54, 1.807) is 36.4 Å². The molecule has 2 rings (SSSR count). The van der Waals surface area contributed by atoms with Crippen molar-refractivity contribution in [2.24, 2.45) is 0 Å². The minimum Gasteiger partial charge on any atom is -0.258 e. The molecule has 2 aromatic carbocycles. The Bertz CT molecular complexity index is 1010. The van der Waals surface area contributed by atoms with Gasteiger partial charge in [-0.05, 0) is 34.7 Å². The van der Waals surface area contributed by atoms with Crippen LogP contribution in [-0.2, 0) is 0 Å². The number of hydrogen-bond donors (Lipinski definition) is 0. The molecule has 6 nitrogen and oxygen atoms in total. The van der Waals surface area contributed by atoms with Crippen molar-refractivity contribution in [3.63, 3.8) is 0 Å². The zero-order chi connectivity index (χ0) is 24.2. The average Bonchev–Trinajstić information content (AvgIpc) is 2.66. The van der Waals surface area contributed by atoms with Crippen molar-refractivity contribution < 1.29 is 9.85 Å². The lowest BCUT2D eigenvalue weighted by Crippen LogP contribution is -2.16. The van der Waals surface area contributed by atoms with Crippen LogP contribution in [0.3, 0.4) is 0 Å². The molecule has 9 heteroatoms. The van der Waals surface area contributed by atoms with E-state index in [0.717, 1.165) is 0 Å². The number of halogens is 1. The number of benzene rings is 2. The van der Waals surface area contributed by atoms with Gasteiger partial charge in [0.25, 0.3) is 11.4 Å². The average molecular weight is 583 g/mol. The van der Waals surface area contributed by atoms with Crippen LogP contribution in [0.15, 0.2) is 48.5 Å². The molecule has 172 valence electrons. The number of nitro groups is 2. The molecule has 0 spiro atoms. The van der Waals surface area contributed by atoms with Crippen LogP contribution in [0.2, 0.25) is 39.3 Å². The van der Waals surface area contributed by atoms with Gasteiger partial charge in [0.2, 0.25) is 0 Å². The molecule has 0 aliphatic carbocycles. The smallest absolute Gasteiger partial charge is 0.258 e. The molecule has 0 aliphatic rings. The number of nitro benzene ring substituents is 2. The number of nitrogens with zero attached hydrogens (tertiary/aromatic N) is 2. The molecule has 32 heavy (non-hydrogen) atoms. The molecule has 0 heterocycles. The van der Waals surface area contributed by atoms with Crippen molar-refractivity contribution in [1.82, 2.24) is 0 Å². The lowest BCUT2D eigenvalue weighted by Gasteiger charge is -2.03. The summed E-state index contributed by atoms with van der Waals surface area (Å²) in [6.07, 6.45) is 5.12. The summed E-state index contributed by atoms with van der Waals surface area (Å²) in [6, 6.07) is 13.2. The first-order valence-corrected chi connectivity index (χ1v) is 17.4. The van der Waals surface area contributed by atoms with Gasteiger partial charge in [-0.25, -0.2) is 0 Å². The van der Waals surface area contributed by atoms with E-state index in [2.05, 4.69) is 56.3 Å². The zero-order valence-corrected chi connectivity index (χ0v) is 22.8. The van der Waals surface area contributed by atoms with E-state index in [9.17, 15) is 20.2 Å². The van der Waals surface area contributed by atoms with Gasteiger partial charge in [-0.3, -0.25) is 20.2 Å². The minimum atomic E-state index is -1.48. The lowest BCUT2D eigenvalue weighted by molar-refractivity contribution is -0.385. The van der Waals surface area contributed by atoms with Crippen molar-refractivity contribution in [2.75, 3.05) is 0 Å². The monoisotopic (exact) mass is 582 g/mol. The maximum atomic E-state index is 10.7.